The fraction of sp³-hybridized carbons (Fsp3) is 0.133. The SMILES string of the molecule is N#Cc1ccccc1CS(=O)(=O)Nc1ccccc1CN. The molecule has 0 atom stereocenters. The van der Waals surface area contributed by atoms with Crippen LogP contribution in [0.4, 0.5) is 5.69 Å². The summed E-state index contributed by atoms with van der Waals surface area (Å²) in [5.74, 6) is -0.254. The van der Waals surface area contributed by atoms with Gasteiger partial charge in [0.2, 0.25) is 10.0 Å². The van der Waals surface area contributed by atoms with Crippen LogP contribution in [0.15, 0.2) is 48.5 Å². The van der Waals surface area contributed by atoms with Gasteiger partial charge in [-0.15, -0.1) is 0 Å². The largest absolute Gasteiger partial charge is 0.326 e. The normalized spacial score (nSPS) is 10.9. The number of hydrogen-bond donors (Lipinski definition) is 2. The Balaban J connectivity index is 2.25. The van der Waals surface area contributed by atoms with Crippen LogP contribution in [-0.4, -0.2) is 8.42 Å². The van der Waals surface area contributed by atoms with Crippen LogP contribution in [0.5, 0.6) is 0 Å². The molecule has 2 aromatic carbocycles. The summed E-state index contributed by atoms with van der Waals surface area (Å²) in [7, 11) is -3.61. The predicted molar refractivity (Wildman–Crippen MR) is 81.7 cm³/mol. The average molecular weight is 301 g/mol. The zero-order valence-corrected chi connectivity index (χ0v) is 12.1. The number of nitrogens with one attached hydrogen (secondary N) is 1. The third-order valence-corrected chi connectivity index (χ3v) is 4.21. The summed E-state index contributed by atoms with van der Waals surface area (Å²) < 4.78 is 27.0. The van der Waals surface area contributed by atoms with Crippen molar-refractivity contribution >= 4 is 15.7 Å². The van der Waals surface area contributed by atoms with Crippen molar-refractivity contribution in [1.82, 2.24) is 0 Å². The van der Waals surface area contributed by atoms with E-state index in [1.165, 1.54) is 0 Å². The van der Waals surface area contributed by atoms with Gasteiger partial charge in [0.05, 0.1) is 23.1 Å². The first-order valence-corrected chi connectivity index (χ1v) is 7.97. The standard InChI is InChI=1S/C15H15N3O2S/c16-9-12-5-1-2-7-14(12)11-21(19,20)18-15-8-4-3-6-13(15)10-17/h1-8,18H,10-11,17H2. The highest BCUT2D eigenvalue weighted by Crippen LogP contribution is 2.18. The van der Waals surface area contributed by atoms with E-state index in [9.17, 15) is 8.42 Å². The van der Waals surface area contributed by atoms with Crippen LogP contribution in [0, 0.1) is 11.3 Å². The minimum atomic E-state index is -3.61. The number of para-hydroxylation sites is 1. The summed E-state index contributed by atoms with van der Waals surface area (Å²) in [5, 5.41) is 9.01. The van der Waals surface area contributed by atoms with Crippen molar-refractivity contribution < 1.29 is 8.42 Å². The summed E-state index contributed by atoms with van der Waals surface area (Å²) in [6.07, 6.45) is 0. The second-order valence-corrected chi connectivity index (χ2v) is 6.21. The molecular formula is C15H15N3O2S. The van der Waals surface area contributed by atoms with E-state index < -0.39 is 10.0 Å². The number of nitrogens with two attached hydrogens (primary N) is 1. The second kappa shape index (κ2) is 6.39. The van der Waals surface area contributed by atoms with E-state index in [4.69, 9.17) is 11.0 Å². The molecule has 3 N–H and O–H groups in total. The first-order chi connectivity index (χ1) is 10.1. The van der Waals surface area contributed by atoms with E-state index in [0.29, 0.717) is 16.8 Å². The fourth-order valence-corrected chi connectivity index (χ4v) is 3.23. The molecular weight excluding hydrogens is 286 g/mol. The topological polar surface area (TPSA) is 96.0 Å². The number of nitrogens with zero attached hydrogens (tertiary/aromatic N) is 1. The van der Waals surface area contributed by atoms with Crippen LogP contribution in [0.25, 0.3) is 0 Å². The molecule has 0 heterocycles. The number of sulfonamides is 1. The number of rotatable bonds is 5. The summed E-state index contributed by atoms with van der Waals surface area (Å²) >= 11 is 0. The lowest BCUT2D eigenvalue weighted by atomic mass is 10.1. The lowest BCUT2D eigenvalue weighted by Gasteiger charge is -2.12. The minimum Gasteiger partial charge on any atom is -0.326 e. The quantitative estimate of drug-likeness (QED) is 0.882. The molecule has 0 radical (unpaired) electrons. The van der Waals surface area contributed by atoms with E-state index in [0.717, 1.165) is 5.56 Å². The summed E-state index contributed by atoms with van der Waals surface area (Å²) in [6, 6.07) is 15.6. The molecule has 2 aromatic rings. The highest BCUT2D eigenvalue weighted by atomic mass is 32.2. The Morgan fingerprint density at radius 3 is 2.33 bits per heavy atom. The molecule has 21 heavy (non-hydrogen) atoms. The van der Waals surface area contributed by atoms with Crippen LogP contribution in [0.3, 0.4) is 0 Å². The maximum atomic E-state index is 12.2. The average Bonchev–Trinajstić information content (AvgIpc) is 2.47. The van der Waals surface area contributed by atoms with Crippen molar-refractivity contribution in [1.29, 1.82) is 5.26 Å². The van der Waals surface area contributed by atoms with Gasteiger partial charge in [-0.1, -0.05) is 36.4 Å². The van der Waals surface area contributed by atoms with E-state index in [1.807, 2.05) is 6.07 Å². The van der Waals surface area contributed by atoms with Crippen molar-refractivity contribution in [2.75, 3.05) is 4.72 Å². The molecule has 0 unspecified atom stereocenters. The Bertz CT molecular complexity index is 780. The molecule has 0 fully saturated rings. The Morgan fingerprint density at radius 2 is 1.67 bits per heavy atom. The van der Waals surface area contributed by atoms with Crippen LogP contribution in [0.1, 0.15) is 16.7 Å². The van der Waals surface area contributed by atoms with Gasteiger partial charge < -0.3 is 5.73 Å². The fourth-order valence-electron chi connectivity index (χ4n) is 1.96. The summed E-state index contributed by atoms with van der Waals surface area (Å²) in [4.78, 5) is 0. The van der Waals surface area contributed by atoms with Gasteiger partial charge in [0.15, 0.2) is 0 Å². The number of benzene rings is 2. The smallest absolute Gasteiger partial charge is 0.236 e. The summed E-state index contributed by atoms with van der Waals surface area (Å²) in [6.45, 7) is 0.244. The maximum Gasteiger partial charge on any atom is 0.236 e. The highest BCUT2D eigenvalue weighted by Gasteiger charge is 2.15. The van der Waals surface area contributed by atoms with Gasteiger partial charge in [-0.05, 0) is 23.3 Å². The van der Waals surface area contributed by atoms with Crippen molar-refractivity contribution in [3.8, 4) is 6.07 Å². The molecule has 6 heteroatoms. The number of anilines is 1. The van der Waals surface area contributed by atoms with Crippen molar-refractivity contribution in [3.63, 3.8) is 0 Å². The van der Waals surface area contributed by atoms with Crippen LogP contribution < -0.4 is 10.5 Å². The third-order valence-electron chi connectivity index (χ3n) is 2.99. The van der Waals surface area contributed by atoms with E-state index in [-0.39, 0.29) is 12.3 Å². The Kier molecular flexibility index (Phi) is 4.58. The summed E-state index contributed by atoms with van der Waals surface area (Å²) in [5.41, 5.74) is 7.60. The molecule has 0 aliphatic heterocycles. The van der Waals surface area contributed by atoms with Crippen LogP contribution in [0.2, 0.25) is 0 Å². The maximum absolute atomic E-state index is 12.2. The van der Waals surface area contributed by atoms with E-state index >= 15 is 0 Å². The van der Waals surface area contributed by atoms with Crippen molar-refractivity contribution in [3.05, 3.63) is 65.2 Å². The molecule has 0 aliphatic rings. The molecule has 0 aliphatic carbocycles. The Labute approximate surface area is 124 Å². The molecule has 0 saturated carbocycles. The van der Waals surface area contributed by atoms with Crippen LogP contribution >= 0.6 is 0 Å². The molecule has 108 valence electrons. The van der Waals surface area contributed by atoms with Gasteiger partial charge in [0, 0.05) is 6.54 Å². The molecule has 2 rings (SSSR count). The Morgan fingerprint density at radius 1 is 1.05 bits per heavy atom. The lowest BCUT2D eigenvalue weighted by molar-refractivity contribution is 0.600. The number of nitriles is 1. The molecule has 0 aromatic heterocycles. The molecule has 5 nitrogen and oxygen atoms in total. The van der Waals surface area contributed by atoms with Crippen molar-refractivity contribution in [2.24, 2.45) is 5.73 Å². The van der Waals surface area contributed by atoms with Gasteiger partial charge in [0.25, 0.3) is 0 Å². The van der Waals surface area contributed by atoms with Gasteiger partial charge in [-0.2, -0.15) is 5.26 Å². The zero-order valence-electron chi connectivity index (χ0n) is 11.3. The minimum absolute atomic E-state index is 0.244. The van der Waals surface area contributed by atoms with Gasteiger partial charge in [-0.3, -0.25) is 4.72 Å². The van der Waals surface area contributed by atoms with Crippen LogP contribution in [-0.2, 0) is 22.3 Å². The van der Waals surface area contributed by atoms with Gasteiger partial charge >= 0.3 is 0 Å². The van der Waals surface area contributed by atoms with Gasteiger partial charge in [-0.25, -0.2) is 8.42 Å². The highest BCUT2D eigenvalue weighted by molar-refractivity contribution is 7.91. The van der Waals surface area contributed by atoms with Gasteiger partial charge in [0.1, 0.15) is 0 Å². The molecule has 0 spiro atoms. The second-order valence-electron chi connectivity index (χ2n) is 4.49. The number of hydrogen-bond acceptors (Lipinski definition) is 4. The van der Waals surface area contributed by atoms with E-state index in [2.05, 4.69) is 4.72 Å². The molecule has 0 amide bonds. The van der Waals surface area contributed by atoms with E-state index in [1.54, 1.807) is 48.5 Å². The molecule has 0 saturated heterocycles. The molecule has 0 bridgehead atoms. The lowest BCUT2D eigenvalue weighted by Crippen LogP contribution is -2.17. The first-order valence-electron chi connectivity index (χ1n) is 6.32. The third kappa shape index (κ3) is 3.81. The predicted octanol–water partition coefficient (Wildman–Crippen LogP) is 1.96. The zero-order chi connectivity index (χ0) is 15.3. The van der Waals surface area contributed by atoms with Crippen molar-refractivity contribution in [2.45, 2.75) is 12.3 Å². The monoisotopic (exact) mass is 301 g/mol. The first kappa shape index (κ1) is 15.0. The Hall–Kier alpha value is -2.36.